The zero-order chi connectivity index (χ0) is 17.1. The van der Waals surface area contributed by atoms with Crippen molar-refractivity contribution in [1.29, 1.82) is 0 Å². The molecular weight excluding hydrogens is 316 g/mol. The number of hydrogen-bond donors (Lipinski definition) is 2. The number of H-pyrrole nitrogens is 2. The van der Waals surface area contributed by atoms with Gasteiger partial charge in [-0.25, -0.2) is 0 Å². The van der Waals surface area contributed by atoms with Gasteiger partial charge in [0.1, 0.15) is 0 Å². The number of aromatic amines is 2. The molecule has 0 amide bonds. The Morgan fingerprint density at radius 3 is 2.15 bits per heavy atom. The van der Waals surface area contributed by atoms with Crippen molar-refractivity contribution in [1.82, 2.24) is 9.97 Å². The number of benzene rings is 4. The van der Waals surface area contributed by atoms with Gasteiger partial charge in [-0.15, -0.1) is 0 Å². The molecule has 0 saturated carbocycles. The molecule has 0 aliphatic rings. The molecule has 6 aromatic rings. The zero-order valence-corrected chi connectivity index (χ0v) is 14.0. The molecule has 0 aliphatic carbocycles. The fraction of sp³-hybridized carbons (Fsp3) is 0. The van der Waals surface area contributed by atoms with E-state index in [-0.39, 0.29) is 0 Å². The van der Waals surface area contributed by atoms with Crippen LogP contribution < -0.4 is 0 Å². The highest BCUT2D eigenvalue weighted by atomic mass is 14.7. The molecule has 26 heavy (non-hydrogen) atoms. The molecule has 0 unspecified atom stereocenters. The maximum absolute atomic E-state index is 3.61. The number of hydrogen-bond acceptors (Lipinski definition) is 0. The highest BCUT2D eigenvalue weighted by Gasteiger charge is 2.12. The Balaban J connectivity index is 1.68. The summed E-state index contributed by atoms with van der Waals surface area (Å²) < 4.78 is 0. The van der Waals surface area contributed by atoms with Crippen LogP contribution in [-0.4, -0.2) is 9.97 Å². The van der Waals surface area contributed by atoms with E-state index in [4.69, 9.17) is 0 Å². The van der Waals surface area contributed by atoms with E-state index in [2.05, 4.69) is 94.9 Å². The summed E-state index contributed by atoms with van der Waals surface area (Å²) in [5.41, 5.74) is 6.86. The Hall–Kier alpha value is -3.52. The zero-order valence-electron chi connectivity index (χ0n) is 14.0. The molecular formula is C24H15N2. The van der Waals surface area contributed by atoms with Crippen molar-refractivity contribution >= 4 is 43.6 Å². The van der Waals surface area contributed by atoms with E-state index in [1.54, 1.807) is 0 Å². The quantitative estimate of drug-likeness (QED) is 0.348. The van der Waals surface area contributed by atoms with Crippen molar-refractivity contribution in [3.63, 3.8) is 0 Å². The summed E-state index contributed by atoms with van der Waals surface area (Å²) in [6.07, 6.45) is 0. The summed E-state index contributed by atoms with van der Waals surface area (Å²) in [5, 5.41) is 4.98. The van der Waals surface area contributed by atoms with Crippen molar-refractivity contribution in [3.05, 3.63) is 84.9 Å². The van der Waals surface area contributed by atoms with E-state index in [1.165, 1.54) is 32.6 Å². The van der Waals surface area contributed by atoms with Crippen LogP contribution in [0, 0.1) is 6.07 Å². The van der Waals surface area contributed by atoms with E-state index in [9.17, 15) is 0 Å². The van der Waals surface area contributed by atoms with Gasteiger partial charge in [0.05, 0.1) is 5.52 Å². The van der Waals surface area contributed by atoms with Gasteiger partial charge in [0.2, 0.25) is 0 Å². The number of aromatic nitrogens is 2. The fourth-order valence-corrected chi connectivity index (χ4v) is 4.06. The van der Waals surface area contributed by atoms with Crippen LogP contribution in [0.2, 0.25) is 0 Å². The minimum absolute atomic E-state index is 1.06. The van der Waals surface area contributed by atoms with Crippen molar-refractivity contribution < 1.29 is 0 Å². The van der Waals surface area contributed by atoms with Crippen molar-refractivity contribution in [3.8, 4) is 11.1 Å². The fourth-order valence-electron chi connectivity index (χ4n) is 4.06. The van der Waals surface area contributed by atoms with Gasteiger partial charge < -0.3 is 9.97 Å². The Kier molecular flexibility index (Phi) is 2.64. The molecule has 6 rings (SSSR count). The Morgan fingerprint density at radius 2 is 1.27 bits per heavy atom. The SMILES string of the molecule is [c]1c(-c2cccc3[nH]c4ccccc4c23)ccc2c1[nH]c1ccccc12. The number of para-hydroxylation sites is 2. The predicted molar refractivity (Wildman–Crippen MR) is 109 cm³/mol. The summed E-state index contributed by atoms with van der Waals surface area (Å²) in [7, 11) is 0. The van der Waals surface area contributed by atoms with Crippen LogP contribution in [0.5, 0.6) is 0 Å². The lowest BCUT2D eigenvalue weighted by Crippen LogP contribution is -1.81. The largest absolute Gasteiger partial charge is 0.354 e. The second kappa shape index (κ2) is 4.99. The summed E-state index contributed by atoms with van der Waals surface area (Å²) in [6, 6.07) is 31.3. The monoisotopic (exact) mass is 331 g/mol. The van der Waals surface area contributed by atoms with Gasteiger partial charge in [-0.2, -0.15) is 0 Å². The molecule has 0 bridgehead atoms. The van der Waals surface area contributed by atoms with Crippen LogP contribution in [0.3, 0.4) is 0 Å². The summed E-state index contributed by atoms with van der Waals surface area (Å²) in [4.78, 5) is 7.03. The van der Waals surface area contributed by atoms with Crippen LogP contribution in [0.25, 0.3) is 54.7 Å². The first-order valence-electron chi connectivity index (χ1n) is 8.81. The maximum atomic E-state index is 3.61. The van der Waals surface area contributed by atoms with Crippen molar-refractivity contribution in [2.45, 2.75) is 0 Å². The molecule has 2 heterocycles. The first kappa shape index (κ1) is 13.7. The molecule has 0 atom stereocenters. The molecule has 1 radical (unpaired) electrons. The first-order valence-corrected chi connectivity index (χ1v) is 8.81. The molecule has 121 valence electrons. The lowest BCUT2D eigenvalue weighted by Gasteiger charge is -2.05. The Morgan fingerprint density at radius 1 is 0.538 bits per heavy atom. The van der Waals surface area contributed by atoms with Crippen LogP contribution in [0.15, 0.2) is 78.9 Å². The lowest BCUT2D eigenvalue weighted by atomic mass is 9.98. The molecule has 2 aromatic heterocycles. The topological polar surface area (TPSA) is 31.6 Å². The van der Waals surface area contributed by atoms with E-state index in [0.29, 0.717) is 0 Å². The molecule has 0 spiro atoms. The molecule has 4 aromatic carbocycles. The minimum Gasteiger partial charge on any atom is -0.354 e. The average molecular weight is 331 g/mol. The Labute approximate surface area is 150 Å². The van der Waals surface area contributed by atoms with E-state index >= 15 is 0 Å². The Bertz CT molecular complexity index is 1430. The highest BCUT2D eigenvalue weighted by molar-refractivity contribution is 6.15. The normalized spacial score (nSPS) is 11.8. The van der Waals surface area contributed by atoms with E-state index in [1.807, 2.05) is 0 Å². The standard InChI is InChI=1S/C24H15N2/c1-3-9-20-17(6-1)18-13-12-15(14-23(18)26-20)16-8-5-11-22-24(16)19-7-2-4-10-21(19)25-22/h1-13,25-26H. The molecule has 2 heteroatoms. The highest BCUT2D eigenvalue weighted by Crippen LogP contribution is 2.36. The third-order valence-electron chi connectivity index (χ3n) is 5.24. The summed E-state index contributed by atoms with van der Waals surface area (Å²) in [6.45, 7) is 0. The second-order valence-electron chi connectivity index (χ2n) is 6.73. The molecule has 2 N–H and O–H groups in total. The second-order valence-corrected chi connectivity index (χ2v) is 6.73. The van der Waals surface area contributed by atoms with Crippen LogP contribution in [-0.2, 0) is 0 Å². The summed E-state index contributed by atoms with van der Waals surface area (Å²) in [5.74, 6) is 0. The van der Waals surface area contributed by atoms with Gasteiger partial charge in [-0.05, 0) is 29.3 Å². The average Bonchev–Trinajstić information content (AvgIpc) is 3.25. The van der Waals surface area contributed by atoms with Gasteiger partial charge in [0, 0.05) is 44.2 Å². The number of fused-ring (bicyclic) bond motifs is 6. The van der Waals surface area contributed by atoms with Crippen LogP contribution in [0.4, 0.5) is 0 Å². The molecule has 0 saturated heterocycles. The first-order chi connectivity index (χ1) is 12.9. The van der Waals surface area contributed by atoms with Gasteiger partial charge in [-0.3, -0.25) is 0 Å². The van der Waals surface area contributed by atoms with Crippen LogP contribution >= 0.6 is 0 Å². The third-order valence-corrected chi connectivity index (χ3v) is 5.24. The van der Waals surface area contributed by atoms with Gasteiger partial charge in [0.15, 0.2) is 0 Å². The lowest BCUT2D eigenvalue weighted by molar-refractivity contribution is 1.53. The predicted octanol–water partition coefficient (Wildman–Crippen LogP) is 6.42. The minimum atomic E-state index is 1.06. The van der Waals surface area contributed by atoms with Gasteiger partial charge in [0.25, 0.3) is 0 Å². The van der Waals surface area contributed by atoms with E-state index in [0.717, 1.165) is 22.1 Å². The third kappa shape index (κ3) is 1.81. The van der Waals surface area contributed by atoms with Crippen molar-refractivity contribution in [2.75, 3.05) is 0 Å². The number of nitrogens with one attached hydrogen (secondary N) is 2. The van der Waals surface area contributed by atoms with E-state index < -0.39 is 0 Å². The molecule has 0 aliphatic heterocycles. The van der Waals surface area contributed by atoms with Crippen molar-refractivity contribution in [2.24, 2.45) is 0 Å². The number of rotatable bonds is 1. The smallest absolute Gasteiger partial charge is 0.0551 e. The van der Waals surface area contributed by atoms with Gasteiger partial charge in [-0.1, -0.05) is 60.7 Å². The molecule has 0 fully saturated rings. The molecule has 2 nitrogen and oxygen atoms in total. The van der Waals surface area contributed by atoms with Crippen LogP contribution in [0.1, 0.15) is 0 Å². The summed E-state index contributed by atoms with van der Waals surface area (Å²) >= 11 is 0. The maximum Gasteiger partial charge on any atom is 0.0551 e. The van der Waals surface area contributed by atoms with Gasteiger partial charge >= 0.3 is 0 Å².